The van der Waals surface area contributed by atoms with Crippen LogP contribution >= 0.6 is 0 Å². The van der Waals surface area contributed by atoms with Crippen LogP contribution in [-0.4, -0.2) is 42.6 Å². The highest BCUT2D eigenvalue weighted by Crippen LogP contribution is 2.20. The van der Waals surface area contributed by atoms with E-state index in [1.807, 2.05) is 0 Å². The summed E-state index contributed by atoms with van der Waals surface area (Å²) in [7, 11) is 0. The van der Waals surface area contributed by atoms with Gasteiger partial charge in [-0.1, -0.05) is 0 Å². The first-order valence-corrected chi connectivity index (χ1v) is 5.32. The predicted molar refractivity (Wildman–Crippen MR) is 56.1 cm³/mol. The molecule has 0 amide bonds. The Balaban J connectivity index is 2.75. The maximum absolute atomic E-state index is 11.7. The Morgan fingerprint density at radius 1 is 1.44 bits per heavy atom. The third kappa shape index (κ3) is 3.82. The van der Waals surface area contributed by atoms with Crippen LogP contribution in [0.5, 0.6) is 0 Å². The fourth-order valence-electron chi connectivity index (χ4n) is 1.56. The Morgan fingerprint density at radius 3 is 2.61 bits per heavy atom. The summed E-state index contributed by atoms with van der Waals surface area (Å²) in [5, 5.41) is 8.73. The highest BCUT2D eigenvalue weighted by Gasteiger charge is 2.40. The molecule has 0 N–H and O–H groups in total. The fraction of sp³-hybridized carbons (Fsp3) is 0.636. The summed E-state index contributed by atoms with van der Waals surface area (Å²) in [5.41, 5.74) is 0. The molecule has 0 aromatic carbocycles. The van der Waals surface area contributed by atoms with Gasteiger partial charge in [0.2, 0.25) is 0 Å². The van der Waals surface area contributed by atoms with E-state index in [2.05, 4.69) is 0 Å². The van der Waals surface area contributed by atoms with Crippen molar-refractivity contribution in [2.45, 2.75) is 38.6 Å². The van der Waals surface area contributed by atoms with Gasteiger partial charge in [-0.3, -0.25) is 14.4 Å². The summed E-state index contributed by atoms with van der Waals surface area (Å²) in [5.74, 6) is -1.60. The summed E-state index contributed by atoms with van der Waals surface area (Å²) in [6.07, 6.45) is -3.13. The lowest BCUT2D eigenvalue weighted by Crippen LogP contribution is -2.49. The second kappa shape index (κ2) is 6.12. The van der Waals surface area contributed by atoms with Crippen molar-refractivity contribution < 1.29 is 28.6 Å². The Labute approximate surface area is 104 Å². The minimum absolute atomic E-state index is 0.148. The molecule has 0 aromatic heterocycles. The van der Waals surface area contributed by atoms with Crippen LogP contribution in [0.15, 0.2) is 0 Å². The van der Waals surface area contributed by atoms with E-state index in [1.54, 1.807) is 6.07 Å². The zero-order chi connectivity index (χ0) is 13.7. The van der Waals surface area contributed by atoms with Gasteiger partial charge in [0.15, 0.2) is 18.0 Å². The zero-order valence-electron chi connectivity index (χ0n) is 10.0. The molecule has 98 valence electrons. The number of carbonyl (C=O) groups is 3. The molecular weight excluding hydrogens is 242 g/mol. The van der Waals surface area contributed by atoms with Crippen molar-refractivity contribution in [1.29, 1.82) is 5.26 Å². The van der Waals surface area contributed by atoms with E-state index >= 15 is 0 Å². The van der Waals surface area contributed by atoms with Crippen molar-refractivity contribution in [2.75, 3.05) is 6.61 Å². The van der Waals surface area contributed by atoms with Crippen molar-refractivity contribution >= 4 is 17.7 Å². The average molecular weight is 255 g/mol. The molecule has 1 aliphatic rings. The second-order valence-corrected chi connectivity index (χ2v) is 3.80. The number of esters is 2. The van der Waals surface area contributed by atoms with Gasteiger partial charge in [-0.25, -0.2) is 0 Å². The molecule has 0 radical (unpaired) electrons. The number of Topliss-reactive ketones (excluding diaryl/α,β-unsaturated/α-hetero) is 1. The molecule has 1 rings (SSSR count). The number of ether oxygens (including phenoxy) is 3. The minimum atomic E-state index is -1.13. The zero-order valence-corrected chi connectivity index (χ0v) is 10.0. The van der Waals surface area contributed by atoms with Crippen LogP contribution in [0.3, 0.4) is 0 Å². The molecule has 0 aliphatic carbocycles. The summed E-state index contributed by atoms with van der Waals surface area (Å²) in [4.78, 5) is 33.3. The van der Waals surface area contributed by atoms with Crippen molar-refractivity contribution in [3.63, 3.8) is 0 Å². The Kier molecular flexibility index (Phi) is 4.80. The Morgan fingerprint density at radius 2 is 2.11 bits per heavy atom. The van der Waals surface area contributed by atoms with Crippen LogP contribution < -0.4 is 0 Å². The fourth-order valence-corrected chi connectivity index (χ4v) is 1.56. The van der Waals surface area contributed by atoms with Gasteiger partial charge < -0.3 is 14.2 Å². The number of nitriles is 1. The smallest absolute Gasteiger partial charge is 0.303 e. The largest absolute Gasteiger partial charge is 0.463 e. The minimum Gasteiger partial charge on any atom is -0.463 e. The number of ketones is 1. The molecule has 0 spiro atoms. The summed E-state index contributed by atoms with van der Waals surface area (Å²) >= 11 is 0. The van der Waals surface area contributed by atoms with Gasteiger partial charge in [0, 0.05) is 13.8 Å². The average Bonchev–Trinajstić information content (AvgIpc) is 2.29. The molecule has 0 saturated carbocycles. The van der Waals surface area contributed by atoms with Crippen LogP contribution in [0.25, 0.3) is 0 Å². The molecule has 0 unspecified atom stereocenters. The first-order chi connectivity index (χ1) is 8.43. The lowest BCUT2D eigenvalue weighted by atomic mass is 10.00. The maximum Gasteiger partial charge on any atom is 0.303 e. The third-order valence-corrected chi connectivity index (χ3v) is 2.27. The molecule has 1 saturated heterocycles. The molecule has 0 bridgehead atoms. The molecular formula is C11H13NO6. The normalized spacial score (nSPS) is 27.2. The van der Waals surface area contributed by atoms with Crippen molar-refractivity contribution in [3.05, 3.63) is 0 Å². The standard InChI is InChI=1S/C11H13NO6/c1-6(13)16-5-10-11(17-7(2)14)9(15)3-8(4-12)18-10/h8,10-11H,3,5H2,1-2H3/t8-,10+,11-/m0/s1. The molecule has 7 heteroatoms. The second-order valence-electron chi connectivity index (χ2n) is 3.80. The number of nitrogens with zero attached hydrogens (tertiary/aromatic N) is 1. The molecule has 3 atom stereocenters. The van der Waals surface area contributed by atoms with Crippen LogP contribution in [0.1, 0.15) is 20.3 Å². The summed E-state index contributed by atoms with van der Waals surface area (Å²) < 4.78 is 14.8. The van der Waals surface area contributed by atoms with Crippen molar-refractivity contribution in [3.8, 4) is 6.07 Å². The van der Waals surface area contributed by atoms with Crippen LogP contribution in [0.4, 0.5) is 0 Å². The Bertz CT molecular complexity index is 399. The van der Waals surface area contributed by atoms with Gasteiger partial charge in [-0.15, -0.1) is 0 Å². The molecule has 7 nitrogen and oxygen atoms in total. The lowest BCUT2D eigenvalue weighted by molar-refractivity contribution is -0.181. The third-order valence-electron chi connectivity index (χ3n) is 2.27. The molecule has 1 aliphatic heterocycles. The van der Waals surface area contributed by atoms with E-state index in [-0.39, 0.29) is 13.0 Å². The molecule has 0 aromatic rings. The van der Waals surface area contributed by atoms with Gasteiger partial charge in [0.05, 0.1) is 12.5 Å². The quantitative estimate of drug-likeness (QED) is 0.639. The van der Waals surface area contributed by atoms with E-state index < -0.39 is 36.0 Å². The lowest BCUT2D eigenvalue weighted by Gasteiger charge is -2.31. The van der Waals surface area contributed by atoms with Gasteiger partial charge >= 0.3 is 11.9 Å². The first-order valence-electron chi connectivity index (χ1n) is 5.32. The predicted octanol–water partition coefficient (Wildman–Crippen LogP) is -0.269. The highest BCUT2D eigenvalue weighted by molar-refractivity contribution is 5.87. The van der Waals surface area contributed by atoms with Crippen molar-refractivity contribution in [2.24, 2.45) is 0 Å². The number of hydrogen-bond donors (Lipinski definition) is 0. The van der Waals surface area contributed by atoms with E-state index in [4.69, 9.17) is 19.5 Å². The maximum atomic E-state index is 11.7. The highest BCUT2D eigenvalue weighted by atomic mass is 16.6. The van der Waals surface area contributed by atoms with Gasteiger partial charge in [0.1, 0.15) is 12.7 Å². The van der Waals surface area contributed by atoms with Gasteiger partial charge in [0.25, 0.3) is 0 Å². The topological polar surface area (TPSA) is 103 Å². The van der Waals surface area contributed by atoms with Crippen LogP contribution in [0.2, 0.25) is 0 Å². The van der Waals surface area contributed by atoms with E-state index in [9.17, 15) is 14.4 Å². The van der Waals surface area contributed by atoms with Crippen molar-refractivity contribution in [1.82, 2.24) is 0 Å². The molecule has 18 heavy (non-hydrogen) atoms. The summed E-state index contributed by atoms with van der Waals surface area (Å²) in [6, 6.07) is 1.80. The number of carbonyl (C=O) groups excluding carboxylic acids is 3. The SMILES string of the molecule is CC(=O)OC[C@H]1O[C@H](C#N)CC(=O)[C@@H]1OC(C)=O. The number of rotatable bonds is 3. The summed E-state index contributed by atoms with van der Waals surface area (Å²) in [6.45, 7) is 2.12. The molecule has 1 fully saturated rings. The van der Waals surface area contributed by atoms with Crippen LogP contribution in [-0.2, 0) is 28.6 Å². The Hall–Kier alpha value is -1.94. The first kappa shape index (κ1) is 14.1. The van der Waals surface area contributed by atoms with Gasteiger partial charge in [-0.05, 0) is 0 Å². The van der Waals surface area contributed by atoms with Gasteiger partial charge in [-0.2, -0.15) is 5.26 Å². The monoisotopic (exact) mass is 255 g/mol. The molecule has 1 heterocycles. The van der Waals surface area contributed by atoms with Crippen LogP contribution in [0, 0.1) is 11.3 Å². The number of hydrogen-bond acceptors (Lipinski definition) is 7. The van der Waals surface area contributed by atoms with E-state index in [0.717, 1.165) is 6.92 Å². The van der Waals surface area contributed by atoms with E-state index in [0.29, 0.717) is 0 Å². The van der Waals surface area contributed by atoms with E-state index in [1.165, 1.54) is 6.92 Å².